The molecule has 1 amide bonds. The molecule has 0 aromatic heterocycles. The first kappa shape index (κ1) is 25.0. The zero-order valence-electron chi connectivity index (χ0n) is 22.1. The number of methoxy groups -OCH3 is 1. The summed E-state index contributed by atoms with van der Waals surface area (Å²) < 4.78 is 19.3. The van der Waals surface area contributed by atoms with Crippen molar-refractivity contribution >= 4 is 34.9 Å². The average molecular weight is 545 g/mol. The summed E-state index contributed by atoms with van der Waals surface area (Å²) in [5, 5.41) is 3.01. The van der Waals surface area contributed by atoms with Crippen molar-refractivity contribution in [3.63, 3.8) is 0 Å². The molecule has 4 atom stereocenters. The highest BCUT2D eigenvalue weighted by Crippen LogP contribution is 2.58. The van der Waals surface area contributed by atoms with E-state index in [4.69, 9.17) is 4.74 Å². The number of halogens is 1. The van der Waals surface area contributed by atoms with Gasteiger partial charge in [-0.15, -0.1) is 0 Å². The predicted octanol–water partition coefficient (Wildman–Crippen LogP) is 5.69. The molecule has 41 heavy (non-hydrogen) atoms. The van der Waals surface area contributed by atoms with Gasteiger partial charge in [-0.05, 0) is 59.7 Å². The number of anilines is 2. The second-order valence-electron chi connectivity index (χ2n) is 10.5. The fraction of sp³-hybridized carbons (Fsp3) is 0.147. The third-order valence-electron chi connectivity index (χ3n) is 8.58. The number of benzene rings is 4. The molecule has 6 nitrogen and oxygen atoms in total. The fourth-order valence-corrected chi connectivity index (χ4v) is 6.86. The Morgan fingerprint density at radius 2 is 1.63 bits per heavy atom. The highest BCUT2D eigenvalue weighted by molar-refractivity contribution is 6.18. The van der Waals surface area contributed by atoms with E-state index < -0.39 is 35.0 Å². The summed E-state index contributed by atoms with van der Waals surface area (Å²) >= 11 is 0. The van der Waals surface area contributed by atoms with Crippen LogP contribution in [0.25, 0.3) is 6.08 Å². The molecule has 0 radical (unpaired) electrons. The van der Waals surface area contributed by atoms with Crippen molar-refractivity contribution < 1.29 is 23.5 Å². The Morgan fingerprint density at radius 3 is 2.44 bits per heavy atom. The molecular formula is C34H25FN2O4. The van der Waals surface area contributed by atoms with E-state index in [2.05, 4.69) is 5.32 Å². The van der Waals surface area contributed by atoms with Crippen LogP contribution in [0.5, 0.6) is 5.75 Å². The number of ketones is 2. The Bertz CT molecular complexity index is 1760. The van der Waals surface area contributed by atoms with Crippen molar-refractivity contribution in [3.8, 4) is 5.75 Å². The van der Waals surface area contributed by atoms with E-state index in [9.17, 15) is 18.8 Å². The van der Waals surface area contributed by atoms with E-state index in [-0.39, 0.29) is 17.3 Å². The standard InChI is InChI=1S/C34H25FN2O4/c1-41-24-9-6-8-22(19-24)32(39)30-29(31(38)21-13-16-23(35)17-14-21)34(25-10-3-4-11-26(25)36-33(34)40)28-18-15-20-7-2-5-12-27(20)37(28)30/h2-19,28-30H,1H3,(H,36,40)/t28-,29+,30-,34+/m0/s1. The van der Waals surface area contributed by atoms with Gasteiger partial charge in [0.1, 0.15) is 23.0 Å². The van der Waals surface area contributed by atoms with Crippen molar-refractivity contribution in [3.05, 3.63) is 131 Å². The normalized spacial score (nSPS) is 23.5. The molecule has 0 aliphatic carbocycles. The van der Waals surface area contributed by atoms with Crippen LogP contribution in [0, 0.1) is 11.7 Å². The van der Waals surface area contributed by atoms with Crippen molar-refractivity contribution in [1.29, 1.82) is 0 Å². The molecule has 1 N–H and O–H groups in total. The van der Waals surface area contributed by atoms with E-state index in [0.717, 1.165) is 11.3 Å². The zero-order chi connectivity index (χ0) is 28.3. The fourth-order valence-electron chi connectivity index (χ4n) is 6.86. The number of Topliss-reactive ketones (excluding diaryl/α,β-unsaturated/α-hetero) is 2. The van der Waals surface area contributed by atoms with Crippen molar-refractivity contribution in [1.82, 2.24) is 0 Å². The molecule has 4 aromatic rings. The van der Waals surface area contributed by atoms with Gasteiger partial charge in [0.2, 0.25) is 5.91 Å². The number of hydrogen-bond donors (Lipinski definition) is 1. The van der Waals surface area contributed by atoms with Crippen LogP contribution >= 0.6 is 0 Å². The van der Waals surface area contributed by atoms with Crippen molar-refractivity contribution in [2.24, 2.45) is 5.92 Å². The summed E-state index contributed by atoms with van der Waals surface area (Å²) in [6.45, 7) is 0. The minimum atomic E-state index is -1.43. The number of rotatable bonds is 5. The Hall–Kier alpha value is -5.04. The van der Waals surface area contributed by atoms with Gasteiger partial charge in [-0.3, -0.25) is 14.4 Å². The Balaban J connectivity index is 1.53. The molecule has 3 aliphatic heterocycles. The van der Waals surface area contributed by atoms with E-state index in [1.54, 1.807) is 24.3 Å². The summed E-state index contributed by atoms with van der Waals surface area (Å²) in [5.74, 6) is -2.17. The van der Waals surface area contributed by atoms with E-state index in [1.165, 1.54) is 31.4 Å². The second-order valence-corrected chi connectivity index (χ2v) is 10.5. The molecule has 4 aromatic carbocycles. The van der Waals surface area contributed by atoms with Gasteiger partial charge in [0.25, 0.3) is 0 Å². The summed E-state index contributed by atoms with van der Waals surface area (Å²) in [6, 6.07) is 25.4. The van der Waals surface area contributed by atoms with E-state index in [0.29, 0.717) is 22.6 Å². The van der Waals surface area contributed by atoms with Gasteiger partial charge in [-0.2, -0.15) is 0 Å². The molecule has 202 valence electrons. The lowest BCUT2D eigenvalue weighted by Gasteiger charge is -2.37. The van der Waals surface area contributed by atoms with Crippen molar-refractivity contribution in [2.75, 3.05) is 17.3 Å². The van der Waals surface area contributed by atoms with Crippen LogP contribution in [0.4, 0.5) is 15.8 Å². The molecule has 0 unspecified atom stereocenters. The zero-order valence-corrected chi connectivity index (χ0v) is 22.1. The van der Waals surface area contributed by atoms with E-state index in [1.807, 2.05) is 65.6 Å². The van der Waals surface area contributed by atoms with Gasteiger partial charge in [-0.1, -0.05) is 60.7 Å². The minimum Gasteiger partial charge on any atom is -0.497 e. The molecule has 1 spiro atoms. The number of fused-ring (bicyclic) bond motifs is 6. The molecule has 1 saturated heterocycles. The third kappa shape index (κ3) is 3.51. The van der Waals surface area contributed by atoms with Gasteiger partial charge in [0.05, 0.1) is 19.1 Å². The second kappa shape index (κ2) is 9.27. The number of amides is 1. The highest BCUT2D eigenvalue weighted by atomic mass is 19.1. The van der Waals surface area contributed by atoms with Crippen LogP contribution in [0.2, 0.25) is 0 Å². The third-order valence-corrected chi connectivity index (χ3v) is 8.58. The van der Waals surface area contributed by atoms with Crippen LogP contribution in [0.1, 0.15) is 31.8 Å². The van der Waals surface area contributed by atoms with Crippen LogP contribution in [0.15, 0.2) is 103 Å². The van der Waals surface area contributed by atoms with Gasteiger partial charge in [0.15, 0.2) is 11.6 Å². The van der Waals surface area contributed by atoms with Gasteiger partial charge in [0, 0.05) is 22.5 Å². The average Bonchev–Trinajstić information content (AvgIpc) is 3.49. The maximum atomic E-state index is 14.7. The molecule has 1 fully saturated rings. The van der Waals surface area contributed by atoms with Gasteiger partial charge >= 0.3 is 0 Å². The maximum absolute atomic E-state index is 14.7. The number of para-hydroxylation sites is 2. The minimum absolute atomic E-state index is 0.230. The summed E-state index contributed by atoms with van der Waals surface area (Å²) in [5.41, 5.74) is 2.07. The number of nitrogens with one attached hydrogen (secondary N) is 1. The summed E-state index contributed by atoms with van der Waals surface area (Å²) in [4.78, 5) is 45.6. The molecular weight excluding hydrogens is 519 g/mol. The SMILES string of the molecule is COc1cccc(C(=O)[C@@H]2[C@H](C(=O)c3ccc(F)cc3)[C@]3(C(=O)Nc4ccccc43)[C@@H]3C=Cc4ccccc4N23)c1. The number of nitrogens with zero attached hydrogens (tertiary/aromatic N) is 1. The summed E-state index contributed by atoms with van der Waals surface area (Å²) in [6.07, 6.45) is 3.87. The topological polar surface area (TPSA) is 75.7 Å². The number of hydrogen-bond acceptors (Lipinski definition) is 5. The number of carbonyl (C=O) groups excluding carboxylic acids is 3. The van der Waals surface area contributed by atoms with E-state index >= 15 is 0 Å². The first-order valence-corrected chi connectivity index (χ1v) is 13.4. The monoisotopic (exact) mass is 544 g/mol. The lowest BCUT2D eigenvalue weighted by molar-refractivity contribution is -0.121. The lowest BCUT2D eigenvalue weighted by atomic mass is 9.64. The first-order valence-electron chi connectivity index (χ1n) is 13.4. The molecule has 7 heteroatoms. The number of ether oxygens (including phenoxy) is 1. The number of carbonyl (C=O) groups is 3. The smallest absolute Gasteiger partial charge is 0.238 e. The quantitative estimate of drug-likeness (QED) is 0.327. The lowest BCUT2D eigenvalue weighted by Crippen LogP contribution is -2.51. The van der Waals surface area contributed by atoms with Crippen LogP contribution in [-0.4, -0.2) is 36.7 Å². The molecule has 0 bridgehead atoms. The molecule has 3 heterocycles. The van der Waals surface area contributed by atoms with Gasteiger partial charge < -0.3 is 15.0 Å². The largest absolute Gasteiger partial charge is 0.497 e. The summed E-state index contributed by atoms with van der Waals surface area (Å²) in [7, 11) is 1.52. The molecule has 3 aliphatic rings. The van der Waals surface area contributed by atoms with Crippen molar-refractivity contribution in [2.45, 2.75) is 17.5 Å². The van der Waals surface area contributed by atoms with Crippen LogP contribution < -0.4 is 15.0 Å². The molecule has 0 saturated carbocycles. The Labute approximate surface area is 236 Å². The molecule has 7 rings (SSSR count). The van der Waals surface area contributed by atoms with Crippen LogP contribution in [-0.2, 0) is 10.2 Å². The van der Waals surface area contributed by atoms with Gasteiger partial charge in [-0.25, -0.2) is 4.39 Å². The predicted molar refractivity (Wildman–Crippen MR) is 154 cm³/mol. The Kier molecular flexibility index (Phi) is 5.64. The maximum Gasteiger partial charge on any atom is 0.238 e. The Morgan fingerprint density at radius 1 is 0.878 bits per heavy atom. The first-order chi connectivity index (χ1) is 19.9. The highest BCUT2D eigenvalue weighted by Gasteiger charge is 2.70. The van der Waals surface area contributed by atoms with Crippen LogP contribution in [0.3, 0.4) is 0 Å².